The Bertz CT molecular complexity index is 450. The minimum absolute atomic E-state index is 0.397. The van der Waals surface area contributed by atoms with Crippen molar-refractivity contribution in [2.75, 3.05) is 19.6 Å². The monoisotopic (exact) mass is 280 g/mol. The van der Waals surface area contributed by atoms with E-state index in [-0.39, 0.29) is 0 Å². The molecule has 0 unspecified atom stereocenters. The van der Waals surface area contributed by atoms with E-state index < -0.39 is 0 Å². The lowest BCUT2D eigenvalue weighted by atomic mass is 9.93. The number of hydrogen-bond donors (Lipinski definition) is 1. The molecule has 1 fully saturated rings. The molecule has 1 aliphatic heterocycles. The number of nitrogens with zero attached hydrogens (tertiary/aromatic N) is 3. The molecule has 1 aromatic heterocycles. The molecule has 106 valence electrons. The van der Waals surface area contributed by atoms with Crippen molar-refractivity contribution in [2.24, 2.45) is 10.4 Å². The van der Waals surface area contributed by atoms with E-state index in [2.05, 4.69) is 42.9 Å². The Labute approximate surface area is 120 Å². The molecule has 0 amide bonds. The van der Waals surface area contributed by atoms with Crippen LogP contribution in [0.1, 0.15) is 37.1 Å². The second kappa shape index (κ2) is 5.90. The largest absolute Gasteiger partial charge is 0.357 e. The molecule has 19 heavy (non-hydrogen) atoms. The SMILES string of the molecule is CCNC(=NCc1ncc(C)s1)N1CCC(C)(C)C1. The summed E-state index contributed by atoms with van der Waals surface area (Å²) in [6.45, 7) is 12.6. The first-order valence-corrected chi connectivity index (χ1v) is 7.76. The van der Waals surface area contributed by atoms with Gasteiger partial charge in [-0.05, 0) is 25.7 Å². The van der Waals surface area contributed by atoms with Gasteiger partial charge in [0.25, 0.3) is 0 Å². The molecule has 4 nitrogen and oxygen atoms in total. The summed E-state index contributed by atoms with van der Waals surface area (Å²) in [5.74, 6) is 1.03. The molecule has 0 atom stereocenters. The summed E-state index contributed by atoms with van der Waals surface area (Å²) in [5, 5.41) is 4.48. The number of guanidine groups is 1. The van der Waals surface area contributed by atoms with Crippen molar-refractivity contribution in [1.29, 1.82) is 0 Å². The van der Waals surface area contributed by atoms with E-state index in [9.17, 15) is 0 Å². The van der Waals surface area contributed by atoms with Gasteiger partial charge in [0.05, 0.1) is 6.54 Å². The van der Waals surface area contributed by atoms with Crippen LogP contribution in [0.4, 0.5) is 0 Å². The third-order valence-electron chi connectivity index (χ3n) is 3.35. The molecule has 0 aromatic carbocycles. The highest BCUT2D eigenvalue weighted by molar-refractivity contribution is 7.11. The van der Waals surface area contributed by atoms with E-state index in [1.54, 1.807) is 11.3 Å². The molecule has 1 N–H and O–H groups in total. The van der Waals surface area contributed by atoms with Gasteiger partial charge in [-0.15, -0.1) is 11.3 Å². The molecule has 2 heterocycles. The summed E-state index contributed by atoms with van der Waals surface area (Å²) in [6, 6.07) is 0. The first-order chi connectivity index (χ1) is 9.00. The van der Waals surface area contributed by atoms with Crippen molar-refractivity contribution in [3.8, 4) is 0 Å². The van der Waals surface area contributed by atoms with Gasteiger partial charge in [-0.1, -0.05) is 13.8 Å². The molecule has 0 saturated carbocycles. The standard InChI is InChI=1S/C14H24N4S/c1-5-15-13(18-7-6-14(3,4)10-18)17-9-12-16-8-11(2)19-12/h8H,5-7,9-10H2,1-4H3,(H,15,17). The fourth-order valence-electron chi connectivity index (χ4n) is 2.34. The molecule has 1 aliphatic rings. The summed E-state index contributed by atoms with van der Waals surface area (Å²) in [5.41, 5.74) is 0.397. The molecule has 0 radical (unpaired) electrons. The van der Waals surface area contributed by atoms with Crippen LogP contribution >= 0.6 is 11.3 Å². The number of aryl methyl sites for hydroxylation is 1. The summed E-state index contributed by atoms with van der Waals surface area (Å²) in [6.07, 6.45) is 3.15. The number of rotatable bonds is 3. The molecule has 0 aliphatic carbocycles. The maximum absolute atomic E-state index is 4.72. The Hall–Kier alpha value is -1.10. The Morgan fingerprint density at radius 1 is 1.58 bits per heavy atom. The van der Waals surface area contributed by atoms with Gasteiger partial charge in [0.2, 0.25) is 0 Å². The van der Waals surface area contributed by atoms with Crippen LogP contribution in [0.2, 0.25) is 0 Å². The zero-order valence-electron chi connectivity index (χ0n) is 12.4. The van der Waals surface area contributed by atoms with E-state index in [4.69, 9.17) is 4.99 Å². The van der Waals surface area contributed by atoms with Crippen LogP contribution in [0.5, 0.6) is 0 Å². The van der Waals surface area contributed by atoms with Crippen LogP contribution in [-0.2, 0) is 6.54 Å². The number of aliphatic imine (C=N–C) groups is 1. The van der Waals surface area contributed by atoms with E-state index >= 15 is 0 Å². The highest BCUT2D eigenvalue weighted by atomic mass is 32.1. The van der Waals surface area contributed by atoms with E-state index in [1.807, 2.05) is 6.20 Å². The van der Waals surface area contributed by atoms with Crippen LogP contribution in [0.15, 0.2) is 11.2 Å². The van der Waals surface area contributed by atoms with Gasteiger partial charge in [-0.25, -0.2) is 9.98 Å². The molecule has 0 bridgehead atoms. The quantitative estimate of drug-likeness (QED) is 0.683. The number of aromatic nitrogens is 1. The zero-order valence-corrected chi connectivity index (χ0v) is 13.2. The third-order valence-corrected chi connectivity index (χ3v) is 4.24. The molecule has 1 saturated heterocycles. The maximum atomic E-state index is 4.72. The summed E-state index contributed by atoms with van der Waals surface area (Å²) >= 11 is 1.73. The van der Waals surface area contributed by atoms with Crippen molar-refractivity contribution in [3.63, 3.8) is 0 Å². The van der Waals surface area contributed by atoms with Gasteiger partial charge in [-0.2, -0.15) is 0 Å². The lowest BCUT2D eigenvalue weighted by Gasteiger charge is -2.23. The Morgan fingerprint density at radius 2 is 2.37 bits per heavy atom. The summed E-state index contributed by atoms with van der Waals surface area (Å²) in [7, 11) is 0. The zero-order chi connectivity index (χ0) is 13.9. The van der Waals surface area contributed by atoms with Crippen LogP contribution in [0, 0.1) is 12.3 Å². The average Bonchev–Trinajstić information content (AvgIpc) is 2.91. The average molecular weight is 280 g/mol. The van der Waals surface area contributed by atoms with Crippen LogP contribution < -0.4 is 5.32 Å². The van der Waals surface area contributed by atoms with Crippen molar-refractivity contribution >= 4 is 17.3 Å². The normalized spacial score (nSPS) is 18.9. The predicted octanol–water partition coefficient (Wildman–Crippen LogP) is 2.65. The van der Waals surface area contributed by atoms with Crippen LogP contribution in [0.25, 0.3) is 0 Å². The highest BCUT2D eigenvalue weighted by Crippen LogP contribution is 2.28. The first kappa shape index (κ1) is 14.3. The Balaban J connectivity index is 2.03. The molecule has 5 heteroatoms. The molecule has 0 spiro atoms. The number of hydrogen-bond acceptors (Lipinski definition) is 3. The number of thiazole rings is 1. The third kappa shape index (κ3) is 3.93. The Morgan fingerprint density at radius 3 is 2.89 bits per heavy atom. The Kier molecular flexibility index (Phi) is 4.45. The van der Waals surface area contributed by atoms with Crippen LogP contribution in [0.3, 0.4) is 0 Å². The van der Waals surface area contributed by atoms with Crippen LogP contribution in [-0.4, -0.2) is 35.5 Å². The number of likely N-dealkylation sites (tertiary alicyclic amines) is 1. The predicted molar refractivity (Wildman–Crippen MR) is 81.6 cm³/mol. The fourth-order valence-corrected chi connectivity index (χ4v) is 3.05. The van der Waals surface area contributed by atoms with Crippen molar-refractivity contribution in [2.45, 2.75) is 40.7 Å². The molecule has 1 aromatic rings. The van der Waals surface area contributed by atoms with E-state index in [0.717, 1.165) is 30.6 Å². The number of nitrogens with one attached hydrogen (secondary N) is 1. The van der Waals surface area contributed by atoms with Gasteiger partial charge >= 0.3 is 0 Å². The van der Waals surface area contributed by atoms with Gasteiger partial charge in [0.1, 0.15) is 5.01 Å². The molecule has 2 rings (SSSR count). The van der Waals surface area contributed by atoms with Gasteiger partial charge < -0.3 is 10.2 Å². The lowest BCUT2D eigenvalue weighted by molar-refractivity contribution is 0.370. The second-order valence-corrected chi connectivity index (χ2v) is 7.19. The van der Waals surface area contributed by atoms with Gasteiger partial charge in [0, 0.05) is 30.7 Å². The van der Waals surface area contributed by atoms with Crippen molar-refractivity contribution in [1.82, 2.24) is 15.2 Å². The fraction of sp³-hybridized carbons (Fsp3) is 0.714. The summed E-state index contributed by atoms with van der Waals surface area (Å²) in [4.78, 5) is 12.7. The van der Waals surface area contributed by atoms with Crippen molar-refractivity contribution in [3.05, 3.63) is 16.1 Å². The first-order valence-electron chi connectivity index (χ1n) is 6.95. The second-order valence-electron chi connectivity index (χ2n) is 5.87. The molecular weight excluding hydrogens is 256 g/mol. The van der Waals surface area contributed by atoms with Gasteiger partial charge in [0.15, 0.2) is 5.96 Å². The van der Waals surface area contributed by atoms with Gasteiger partial charge in [-0.3, -0.25) is 0 Å². The lowest BCUT2D eigenvalue weighted by Crippen LogP contribution is -2.40. The summed E-state index contributed by atoms with van der Waals surface area (Å²) < 4.78 is 0. The topological polar surface area (TPSA) is 40.5 Å². The molecular formula is C14H24N4S. The maximum Gasteiger partial charge on any atom is 0.194 e. The highest BCUT2D eigenvalue weighted by Gasteiger charge is 2.30. The van der Waals surface area contributed by atoms with Crippen molar-refractivity contribution < 1.29 is 0 Å². The minimum atomic E-state index is 0.397. The smallest absolute Gasteiger partial charge is 0.194 e. The minimum Gasteiger partial charge on any atom is -0.357 e. The van der Waals surface area contributed by atoms with E-state index in [1.165, 1.54) is 11.3 Å². The van der Waals surface area contributed by atoms with E-state index in [0.29, 0.717) is 12.0 Å².